The van der Waals surface area contributed by atoms with Gasteiger partial charge in [0.2, 0.25) is 0 Å². The number of rotatable bonds is 4. The summed E-state index contributed by atoms with van der Waals surface area (Å²) in [7, 11) is 0. The number of H-pyrrole nitrogens is 1. The molecule has 0 atom stereocenters. The molecule has 0 unspecified atom stereocenters. The minimum Gasteiger partial charge on any atom is -0.457 e. The molecule has 0 amide bonds. The first kappa shape index (κ1) is 21.8. The van der Waals surface area contributed by atoms with Gasteiger partial charge in [-0.05, 0) is 67.0 Å². The molecule has 0 aliphatic rings. The van der Waals surface area contributed by atoms with Crippen molar-refractivity contribution in [3.63, 3.8) is 0 Å². The van der Waals surface area contributed by atoms with Crippen molar-refractivity contribution >= 4 is 23.1 Å². The van der Waals surface area contributed by atoms with Crippen LogP contribution < -0.4 is 16.0 Å². The normalized spacial score (nSPS) is 11.5. The Morgan fingerprint density at radius 1 is 1.03 bits per heavy atom. The smallest absolute Gasteiger partial charge is 0.416 e. The van der Waals surface area contributed by atoms with Crippen LogP contribution in [0.1, 0.15) is 11.3 Å². The number of hydrogen-bond donors (Lipinski definition) is 1. The largest absolute Gasteiger partial charge is 0.457 e. The number of benzene rings is 2. The van der Waals surface area contributed by atoms with E-state index >= 15 is 0 Å². The second kappa shape index (κ2) is 8.24. The van der Waals surface area contributed by atoms with Crippen molar-refractivity contribution < 1.29 is 17.9 Å². The second-order valence-electron chi connectivity index (χ2n) is 6.55. The topological polar surface area (TPSA) is 89.9 Å². The Kier molecular flexibility index (Phi) is 5.61. The maximum Gasteiger partial charge on any atom is 0.416 e. The molecular formula is C20H12ClF3N4O3S. The van der Waals surface area contributed by atoms with Gasteiger partial charge < -0.3 is 4.74 Å². The number of aromatic amines is 1. The summed E-state index contributed by atoms with van der Waals surface area (Å²) in [5, 5.41) is 6.49. The van der Waals surface area contributed by atoms with Crippen LogP contribution in [0.2, 0.25) is 5.02 Å². The van der Waals surface area contributed by atoms with Gasteiger partial charge in [-0.15, -0.1) is 0 Å². The van der Waals surface area contributed by atoms with Crippen LogP contribution >= 0.6 is 23.1 Å². The van der Waals surface area contributed by atoms with Crippen molar-refractivity contribution in [1.29, 1.82) is 0 Å². The Bertz CT molecular complexity index is 1390. The van der Waals surface area contributed by atoms with Gasteiger partial charge in [-0.25, -0.2) is 14.5 Å². The van der Waals surface area contributed by atoms with Crippen LogP contribution in [-0.2, 0) is 6.18 Å². The highest BCUT2D eigenvalue weighted by Crippen LogP contribution is 2.32. The number of hydrogen-bond acceptors (Lipinski definition) is 6. The van der Waals surface area contributed by atoms with E-state index in [9.17, 15) is 22.8 Å². The van der Waals surface area contributed by atoms with E-state index in [0.29, 0.717) is 17.0 Å². The summed E-state index contributed by atoms with van der Waals surface area (Å²) in [4.78, 5) is 25.1. The van der Waals surface area contributed by atoms with Crippen molar-refractivity contribution in [1.82, 2.24) is 19.1 Å². The molecule has 12 heteroatoms. The zero-order valence-corrected chi connectivity index (χ0v) is 17.7. The highest BCUT2D eigenvalue weighted by atomic mass is 35.5. The first-order valence-electron chi connectivity index (χ1n) is 8.94. The van der Waals surface area contributed by atoms with E-state index in [1.54, 1.807) is 6.92 Å². The molecular weight excluding hydrogens is 469 g/mol. The quantitative estimate of drug-likeness (QED) is 0.452. The standard InChI is InChI=1S/C20H12ClF3N4O3S/c1-10-15(21)18(32-27-10)28-17(29)16(25-26-19(28)30)11-2-6-13(7-3-11)31-14-8-4-12(5-9-14)20(22,23)24/h2-9H,1H3,(H,26,30). The van der Waals surface area contributed by atoms with Gasteiger partial charge in [0, 0.05) is 5.56 Å². The van der Waals surface area contributed by atoms with E-state index in [2.05, 4.69) is 14.6 Å². The number of aryl methyl sites for hydroxylation is 1. The molecule has 0 aliphatic carbocycles. The van der Waals surface area contributed by atoms with Crippen LogP contribution in [-0.4, -0.2) is 19.1 Å². The van der Waals surface area contributed by atoms with Crippen molar-refractivity contribution in [3.8, 4) is 27.8 Å². The lowest BCUT2D eigenvalue weighted by Gasteiger charge is -2.09. The summed E-state index contributed by atoms with van der Waals surface area (Å²) in [6.07, 6.45) is -4.43. The van der Waals surface area contributed by atoms with E-state index in [-0.39, 0.29) is 21.5 Å². The van der Waals surface area contributed by atoms with Gasteiger partial charge in [0.1, 0.15) is 16.5 Å². The summed E-state index contributed by atoms with van der Waals surface area (Å²) < 4.78 is 48.4. The van der Waals surface area contributed by atoms with Gasteiger partial charge in [-0.3, -0.25) is 4.79 Å². The first-order chi connectivity index (χ1) is 15.1. The third kappa shape index (κ3) is 4.16. The van der Waals surface area contributed by atoms with Gasteiger partial charge in [-0.1, -0.05) is 11.6 Å². The highest BCUT2D eigenvalue weighted by Gasteiger charge is 2.30. The first-order valence-corrected chi connectivity index (χ1v) is 10.1. The molecule has 4 rings (SSSR count). The maximum atomic E-state index is 12.9. The fourth-order valence-electron chi connectivity index (χ4n) is 2.79. The molecule has 0 aliphatic heterocycles. The minimum atomic E-state index is -4.43. The zero-order valence-electron chi connectivity index (χ0n) is 16.1. The lowest BCUT2D eigenvalue weighted by molar-refractivity contribution is -0.137. The SMILES string of the molecule is Cc1nsc(-n2c(=O)[nH]nc(-c3ccc(Oc4ccc(C(F)(F)F)cc4)cc3)c2=O)c1Cl. The summed E-state index contributed by atoms with van der Waals surface area (Å²) in [5.41, 5.74) is -1.38. The Labute approximate surface area is 186 Å². The molecule has 32 heavy (non-hydrogen) atoms. The lowest BCUT2D eigenvalue weighted by Crippen LogP contribution is -2.35. The third-order valence-electron chi connectivity index (χ3n) is 4.39. The number of nitrogens with zero attached hydrogens (tertiary/aromatic N) is 3. The number of aromatic nitrogens is 4. The summed E-state index contributed by atoms with van der Waals surface area (Å²) >= 11 is 7.06. The van der Waals surface area contributed by atoms with E-state index in [0.717, 1.165) is 28.2 Å². The molecule has 0 radical (unpaired) electrons. The monoisotopic (exact) mass is 480 g/mol. The average molecular weight is 481 g/mol. The van der Waals surface area contributed by atoms with Gasteiger partial charge >= 0.3 is 11.9 Å². The van der Waals surface area contributed by atoms with Crippen molar-refractivity contribution in [2.45, 2.75) is 13.1 Å². The minimum absolute atomic E-state index is 0.0344. The molecule has 2 aromatic carbocycles. The van der Waals surface area contributed by atoms with Crippen LogP contribution in [0.25, 0.3) is 16.3 Å². The molecule has 0 fully saturated rings. The molecule has 0 saturated heterocycles. The number of nitrogens with one attached hydrogen (secondary N) is 1. The molecule has 2 aromatic heterocycles. The fourth-order valence-corrected chi connectivity index (χ4v) is 3.86. The second-order valence-corrected chi connectivity index (χ2v) is 7.68. The summed E-state index contributed by atoms with van der Waals surface area (Å²) in [6.45, 7) is 1.65. The highest BCUT2D eigenvalue weighted by molar-refractivity contribution is 7.09. The Balaban J connectivity index is 1.62. The van der Waals surface area contributed by atoms with Gasteiger partial charge in [0.25, 0.3) is 5.56 Å². The predicted molar refractivity (Wildman–Crippen MR) is 113 cm³/mol. The third-order valence-corrected chi connectivity index (χ3v) is 5.88. The number of ether oxygens (including phenoxy) is 1. The predicted octanol–water partition coefficient (Wildman–Crippen LogP) is 4.82. The lowest BCUT2D eigenvalue weighted by atomic mass is 10.1. The van der Waals surface area contributed by atoms with Crippen LogP contribution in [0, 0.1) is 6.92 Å². The molecule has 164 valence electrons. The molecule has 4 aromatic rings. The fraction of sp³-hybridized carbons (Fsp3) is 0.100. The number of halogens is 4. The van der Waals surface area contributed by atoms with Crippen LogP contribution in [0.3, 0.4) is 0 Å². The molecule has 0 saturated carbocycles. The molecule has 2 heterocycles. The summed E-state index contributed by atoms with van der Waals surface area (Å²) in [5.74, 6) is 0.546. The Hall–Kier alpha value is -3.44. The van der Waals surface area contributed by atoms with E-state index < -0.39 is 23.0 Å². The van der Waals surface area contributed by atoms with Gasteiger partial charge in [-0.2, -0.15) is 22.6 Å². The van der Waals surface area contributed by atoms with Crippen LogP contribution in [0.4, 0.5) is 13.2 Å². The maximum absolute atomic E-state index is 12.9. The van der Waals surface area contributed by atoms with Crippen LogP contribution in [0.5, 0.6) is 11.5 Å². The Morgan fingerprint density at radius 3 is 2.16 bits per heavy atom. The van der Waals surface area contributed by atoms with E-state index in [1.165, 1.54) is 36.4 Å². The van der Waals surface area contributed by atoms with E-state index in [4.69, 9.17) is 16.3 Å². The molecule has 1 N–H and O–H groups in total. The Morgan fingerprint density at radius 2 is 1.62 bits per heavy atom. The molecule has 7 nitrogen and oxygen atoms in total. The zero-order chi connectivity index (χ0) is 23.0. The van der Waals surface area contributed by atoms with Gasteiger partial charge in [0.15, 0.2) is 5.69 Å². The van der Waals surface area contributed by atoms with Crippen molar-refractivity contribution in [3.05, 3.63) is 85.6 Å². The van der Waals surface area contributed by atoms with Crippen molar-refractivity contribution in [2.75, 3.05) is 0 Å². The molecule has 0 spiro atoms. The number of alkyl halides is 3. The van der Waals surface area contributed by atoms with E-state index in [1.807, 2.05) is 0 Å². The molecule has 0 bridgehead atoms. The van der Waals surface area contributed by atoms with Crippen molar-refractivity contribution in [2.24, 2.45) is 0 Å². The summed E-state index contributed by atoms with van der Waals surface area (Å²) in [6, 6.07) is 10.4. The van der Waals surface area contributed by atoms with Crippen LogP contribution in [0.15, 0.2) is 58.1 Å². The average Bonchev–Trinajstić information content (AvgIpc) is 3.07. The van der Waals surface area contributed by atoms with Gasteiger partial charge in [0.05, 0.1) is 16.3 Å².